The summed E-state index contributed by atoms with van der Waals surface area (Å²) in [7, 11) is 0. The first-order valence-corrected chi connectivity index (χ1v) is 6.08. The highest BCUT2D eigenvalue weighted by molar-refractivity contribution is 5.75. The molecule has 0 aliphatic heterocycles. The number of aliphatic carboxylic acids is 1. The minimum atomic E-state index is -0.829. The van der Waals surface area contributed by atoms with Crippen LogP contribution in [0.2, 0.25) is 0 Å². The van der Waals surface area contributed by atoms with Crippen molar-refractivity contribution in [2.24, 2.45) is 0 Å². The SMILES string of the molecule is CCC(C)(CC)NC(C(=O)O)c1ccccc1. The molecule has 94 valence electrons. The highest BCUT2D eigenvalue weighted by Gasteiger charge is 2.28. The average molecular weight is 235 g/mol. The van der Waals surface area contributed by atoms with Gasteiger partial charge in [-0.3, -0.25) is 10.1 Å². The van der Waals surface area contributed by atoms with E-state index in [4.69, 9.17) is 0 Å². The van der Waals surface area contributed by atoms with Gasteiger partial charge in [0.05, 0.1) is 0 Å². The van der Waals surface area contributed by atoms with Gasteiger partial charge < -0.3 is 5.11 Å². The van der Waals surface area contributed by atoms with Crippen LogP contribution in [0.1, 0.15) is 45.2 Å². The molecule has 0 bridgehead atoms. The molecule has 1 aromatic carbocycles. The summed E-state index contributed by atoms with van der Waals surface area (Å²) < 4.78 is 0. The molecule has 0 amide bonds. The van der Waals surface area contributed by atoms with Crippen LogP contribution in [-0.2, 0) is 4.79 Å². The lowest BCUT2D eigenvalue weighted by atomic mass is 9.93. The van der Waals surface area contributed by atoms with Crippen LogP contribution in [0, 0.1) is 0 Å². The Morgan fingerprint density at radius 3 is 2.24 bits per heavy atom. The molecule has 0 aliphatic rings. The molecule has 1 atom stereocenters. The molecular formula is C14H21NO2. The predicted octanol–water partition coefficient (Wildman–Crippen LogP) is 2.98. The molecule has 0 spiro atoms. The first-order valence-electron chi connectivity index (χ1n) is 6.08. The van der Waals surface area contributed by atoms with E-state index >= 15 is 0 Å². The second-order valence-corrected chi connectivity index (χ2v) is 4.59. The van der Waals surface area contributed by atoms with Crippen molar-refractivity contribution >= 4 is 5.97 Å². The summed E-state index contributed by atoms with van der Waals surface area (Å²) in [6, 6.07) is 8.67. The Morgan fingerprint density at radius 1 is 1.29 bits per heavy atom. The molecule has 3 nitrogen and oxygen atoms in total. The molecule has 0 radical (unpaired) electrons. The number of carboxylic acids is 1. The molecule has 3 heteroatoms. The number of benzene rings is 1. The lowest BCUT2D eigenvalue weighted by molar-refractivity contribution is -0.140. The monoisotopic (exact) mass is 235 g/mol. The molecule has 0 saturated heterocycles. The van der Waals surface area contributed by atoms with Crippen molar-refractivity contribution in [3.05, 3.63) is 35.9 Å². The van der Waals surface area contributed by atoms with Crippen LogP contribution in [0.4, 0.5) is 0 Å². The van der Waals surface area contributed by atoms with Gasteiger partial charge in [0.1, 0.15) is 6.04 Å². The summed E-state index contributed by atoms with van der Waals surface area (Å²) in [6.07, 6.45) is 1.81. The van der Waals surface area contributed by atoms with E-state index in [1.165, 1.54) is 0 Å². The summed E-state index contributed by atoms with van der Waals surface area (Å²) in [6.45, 7) is 6.20. The molecule has 1 aromatic rings. The molecule has 0 fully saturated rings. The Morgan fingerprint density at radius 2 is 1.82 bits per heavy atom. The molecule has 0 aromatic heterocycles. The van der Waals surface area contributed by atoms with Crippen LogP contribution in [0.25, 0.3) is 0 Å². The first-order chi connectivity index (χ1) is 8.02. The normalized spacial score (nSPS) is 13.4. The number of hydrogen-bond donors (Lipinski definition) is 2. The summed E-state index contributed by atoms with van der Waals surface area (Å²) in [5.74, 6) is -0.829. The minimum absolute atomic E-state index is 0.140. The van der Waals surface area contributed by atoms with Gasteiger partial charge in [-0.1, -0.05) is 44.2 Å². The molecule has 17 heavy (non-hydrogen) atoms. The third-order valence-electron chi connectivity index (χ3n) is 3.43. The molecule has 1 rings (SSSR count). The second kappa shape index (κ2) is 5.82. The van der Waals surface area contributed by atoms with E-state index in [-0.39, 0.29) is 5.54 Å². The second-order valence-electron chi connectivity index (χ2n) is 4.59. The van der Waals surface area contributed by atoms with Crippen molar-refractivity contribution in [2.75, 3.05) is 0 Å². The maximum atomic E-state index is 11.3. The van der Waals surface area contributed by atoms with Gasteiger partial charge in [-0.15, -0.1) is 0 Å². The standard InChI is InChI=1S/C14H21NO2/c1-4-14(3,5-2)15-12(13(16)17)11-9-7-6-8-10-11/h6-10,12,15H,4-5H2,1-3H3,(H,16,17). The summed E-state index contributed by atoms with van der Waals surface area (Å²) in [5.41, 5.74) is 0.659. The Kier molecular flexibility index (Phi) is 4.70. The zero-order valence-electron chi connectivity index (χ0n) is 10.7. The van der Waals surface area contributed by atoms with Crippen molar-refractivity contribution in [2.45, 2.75) is 45.2 Å². The van der Waals surface area contributed by atoms with Crippen molar-refractivity contribution in [1.82, 2.24) is 5.32 Å². The fraction of sp³-hybridized carbons (Fsp3) is 0.500. The number of carbonyl (C=O) groups is 1. The quantitative estimate of drug-likeness (QED) is 0.797. The van der Waals surface area contributed by atoms with Gasteiger partial charge >= 0.3 is 5.97 Å². The first kappa shape index (κ1) is 13.7. The van der Waals surface area contributed by atoms with Gasteiger partial charge in [0, 0.05) is 5.54 Å². The van der Waals surface area contributed by atoms with E-state index < -0.39 is 12.0 Å². The van der Waals surface area contributed by atoms with Crippen LogP contribution in [0.5, 0.6) is 0 Å². The van der Waals surface area contributed by atoms with Gasteiger partial charge in [-0.2, -0.15) is 0 Å². The fourth-order valence-corrected chi connectivity index (χ4v) is 1.74. The van der Waals surface area contributed by atoms with Crippen molar-refractivity contribution in [3.8, 4) is 0 Å². The Bertz CT molecular complexity index is 358. The van der Waals surface area contributed by atoms with Crippen LogP contribution < -0.4 is 5.32 Å². The Balaban J connectivity index is 2.92. The molecule has 0 heterocycles. The largest absolute Gasteiger partial charge is 0.480 e. The predicted molar refractivity (Wildman–Crippen MR) is 68.9 cm³/mol. The zero-order valence-corrected chi connectivity index (χ0v) is 10.7. The van der Waals surface area contributed by atoms with Crippen molar-refractivity contribution in [3.63, 3.8) is 0 Å². The number of carboxylic acid groups (broad SMARTS) is 1. The Labute approximate surface area is 103 Å². The minimum Gasteiger partial charge on any atom is -0.480 e. The van der Waals surface area contributed by atoms with Crippen LogP contribution in [0.3, 0.4) is 0 Å². The van der Waals surface area contributed by atoms with Crippen LogP contribution in [0.15, 0.2) is 30.3 Å². The van der Waals surface area contributed by atoms with E-state index in [0.717, 1.165) is 18.4 Å². The lowest BCUT2D eigenvalue weighted by Crippen LogP contribution is -2.45. The highest BCUT2D eigenvalue weighted by atomic mass is 16.4. The van der Waals surface area contributed by atoms with Crippen molar-refractivity contribution < 1.29 is 9.90 Å². The fourth-order valence-electron chi connectivity index (χ4n) is 1.74. The number of nitrogens with one attached hydrogen (secondary N) is 1. The number of hydrogen-bond acceptors (Lipinski definition) is 2. The molecule has 0 saturated carbocycles. The molecule has 1 unspecified atom stereocenters. The summed E-state index contributed by atoms with van der Waals surface area (Å²) in [4.78, 5) is 11.3. The van der Waals surface area contributed by atoms with Gasteiger partial charge in [0.15, 0.2) is 0 Å². The van der Waals surface area contributed by atoms with Gasteiger partial charge in [-0.25, -0.2) is 0 Å². The highest BCUT2D eigenvalue weighted by Crippen LogP contribution is 2.21. The molecule has 0 aliphatic carbocycles. The van der Waals surface area contributed by atoms with E-state index in [2.05, 4.69) is 26.1 Å². The third kappa shape index (κ3) is 3.56. The van der Waals surface area contributed by atoms with Gasteiger partial charge in [0.25, 0.3) is 0 Å². The summed E-state index contributed by atoms with van der Waals surface area (Å²) >= 11 is 0. The van der Waals surface area contributed by atoms with Gasteiger partial charge in [-0.05, 0) is 25.3 Å². The van der Waals surface area contributed by atoms with E-state index in [1.807, 2.05) is 30.3 Å². The van der Waals surface area contributed by atoms with Gasteiger partial charge in [0.2, 0.25) is 0 Å². The van der Waals surface area contributed by atoms with Crippen LogP contribution in [-0.4, -0.2) is 16.6 Å². The van der Waals surface area contributed by atoms with Crippen molar-refractivity contribution in [1.29, 1.82) is 0 Å². The Hall–Kier alpha value is -1.35. The maximum absolute atomic E-state index is 11.3. The third-order valence-corrected chi connectivity index (χ3v) is 3.43. The zero-order chi connectivity index (χ0) is 12.9. The smallest absolute Gasteiger partial charge is 0.325 e. The number of rotatable bonds is 6. The van der Waals surface area contributed by atoms with Crippen LogP contribution >= 0.6 is 0 Å². The lowest BCUT2D eigenvalue weighted by Gasteiger charge is -2.32. The summed E-state index contributed by atoms with van der Waals surface area (Å²) in [5, 5.41) is 12.6. The molecular weight excluding hydrogens is 214 g/mol. The van der Waals surface area contributed by atoms with E-state index in [1.54, 1.807) is 0 Å². The van der Waals surface area contributed by atoms with E-state index in [0.29, 0.717) is 0 Å². The topological polar surface area (TPSA) is 49.3 Å². The average Bonchev–Trinajstić information content (AvgIpc) is 2.36. The molecule has 2 N–H and O–H groups in total. The van der Waals surface area contributed by atoms with E-state index in [9.17, 15) is 9.90 Å². The maximum Gasteiger partial charge on any atom is 0.325 e.